The Labute approximate surface area is 162 Å². The molecule has 0 spiro atoms. The molecule has 0 radical (unpaired) electrons. The van der Waals surface area contributed by atoms with Crippen molar-refractivity contribution in [2.45, 2.75) is 32.2 Å². The lowest BCUT2D eigenvalue weighted by Crippen LogP contribution is -2.43. The normalized spacial score (nSPS) is 19.3. The molecule has 0 aliphatic carbocycles. The van der Waals surface area contributed by atoms with Crippen LogP contribution in [0.25, 0.3) is 0 Å². The van der Waals surface area contributed by atoms with Gasteiger partial charge in [0.2, 0.25) is 0 Å². The van der Waals surface area contributed by atoms with Crippen LogP contribution in [0.5, 0.6) is 5.75 Å². The van der Waals surface area contributed by atoms with Gasteiger partial charge in [0.05, 0.1) is 18.5 Å². The van der Waals surface area contributed by atoms with Gasteiger partial charge in [-0.05, 0) is 42.7 Å². The van der Waals surface area contributed by atoms with Crippen LogP contribution in [0, 0.1) is 0 Å². The maximum atomic E-state index is 13.1. The van der Waals surface area contributed by atoms with Crippen LogP contribution < -0.4 is 10.1 Å². The molecule has 0 unspecified atom stereocenters. The number of imide groups is 1. The maximum Gasteiger partial charge on any atom is 0.325 e. The van der Waals surface area contributed by atoms with E-state index >= 15 is 0 Å². The quantitative estimate of drug-likeness (QED) is 0.585. The summed E-state index contributed by atoms with van der Waals surface area (Å²) in [4.78, 5) is 40.8. The minimum atomic E-state index is -1.16. The van der Waals surface area contributed by atoms with Crippen LogP contribution in [0.1, 0.15) is 40.4 Å². The molecule has 2 aromatic rings. The molecule has 7 heteroatoms. The Bertz CT molecular complexity index is 874. The Hall–Kier alpha value is -2.67. The monoisotopic (exact) mass is 386 g/mol. The molecule has 1 N–H and O–H groups in total. The third-order valence-corrected chi connectivity index (χ3v) is 6.15. The van der Waals surface area contributed by atoms with Crippen LogP contribution >= 0.6 is 11.3 Å². The fourth-order valence-corrected chi connectivity index (χ4v) is 4.10. The average Bonchev–Trinajstić information content (AvgIpc) is 3.27. The molecule has 2 heterocycles. The topological polar surface area (TPSA) is 75.7 Å². The van der Waals surface area contributed by atoms with Crippen LogP contribution in [0.2, 0.25) is 0 Å². The fraction of sp³-hybridized carbons (Fsp3) is 0.350. The van der Waals surface area contributed by atoms with Gasteiger partial charge in [-0.15, -0.1) is 11.3 Å². The molecule has 1 saturated heterocycles. The SMILES string of the molecule is CCc1ccc(C(=O)CN2C(=O)N[C@@](CC)(c3ccc(OC)cc3)C2=O)s1. The number of thiophene rings is 1. The van der Waals surface area contributed by atoms with Crippen molar-refractivity contribution in [3.63, 3.8) is 0 Å². The largest absolute Gasteiger partial charge is 0.497 e. The number of aryl methyl sites for hydroxylation is 1. The second-order valence-corrected chi connectivity index (χ2v) is 7.52. The van der Waals surface area contributed by atoms with Gasteiger partial charge in [-0.1, -0.05) is 26.0 Å². The molecular weight excluding hydrogens is 364 g/mol. The van der Waals surface area contributed by atoms with E-state index in [0.717, 1.165) is 16.2 Å². The Morgan fingerprint density at radius 2 is 1.85 bits per heavy atom. The molecular formula is C20H22N2O4S. The van der Waals surface area contributed by atoms with Crippen molar-refractivity contribution < 1.29 is 19.1 Å². The molecule has 3 amide bonds. The van der Waals surface area contributed by atoms with Crippen LogP contribution in [0.4, 0.5) is 4.79 Å². The minimum Gasteiger partial charge on any atom is -0.497 e. The number of ketones is 1. The number of nitrogens with zero attached hydrogens (tertiary/aromatic N) is 1. The first kappa shape index (κ1) is 19.1. The van der Waals surface area contributed by atoms with E-state index in [9.17, 15) is 14.4 Å². The van der Waals surface area contributed by atoms with Crippen molar-refractivity contribution in [3.8, 4) is 5.75 Å². The number of Topliss-reactive ketones (excluding diaryl/α,β-unsaturated/α-hetero) is 1. The zero-order valence-electron chi connectivity index (χ0n) is 15.6. The molecule has 3 rings (SSSR count). The van der Waals surface area contributed by atoms with E-state index in [2.05, 4.69) is 5.32 Å². The van der Waals surface area contributed by atoms with Gasteiger partial charge in [-0.3, -0.25) is 14.5 Å². The van der Waals surface area contributed by atoms with Crippen molar-refractivity contribution in [2.75, 3.05) is 13.7 Å². The highest BCUT2D eigenvalue weighted by molar-refractivity contribution is 7.14. The third-order valence-electron chi connectivity index (χ3n) is 4.88. The molecule has 1 aromatic heterocycles. The van der Waals surface area contributed by atoms with E-state index in [1.165, 1.54) is 11.3 Å². The first-order valence-corrected chi connectivity index (χ1v) is 9.67. The summed E-state index contributed by atoms with van der Waals surface area (Å²) in [6.07, 6.45) is 1.23. The summed E-state index contributed by atoms with van der Waals surface area (Å²) >= 11 is 1.40. The minimum absolute atomic E-state index is 0.232. The number of methoxy groups -OCH3 is 1. The second kappa shape index (κ2) is 7.52. The number of amides is 3. The lowest BCUT2D eigenvalue weighted by Gasteiger charge is -2.25. The molecule has 0 saturated carbocycles. The lowest BCUT2D eigenvalue weighted by atomic mass is 9.87. The van der Waals surface area contributed by atoms with Gasteiger partial charge in [-0.25, -0.2) is 4.79 Å². The van der Waals surface area contributed by atoms with Crippen molar-refractivity contribution >= 4 is 29.1 Å². The summed E-state index contributed by atoms with van der Waals surface area (Å²) in [5.74, 6) is 0.0313. The van der Waals surface area contributed by atoms with E-state index in [4.69, 9.17) is 4.74 Å². The number of benzene rings is 1. The van der Waals surface area contributed by atoms with Crippen LogP contribution in [0.3, 0.4) is 0 Å². The number of carbonyl (C=O) groups is 3. The van der Waals surface area contributed by atoms with Crippen molar-refractivity contribution in [1.29, 1.82) is 0 Å². The van der Waals surface area contributed by atoms with Gasteiger partial charge in [0.15, 0.2) is 5.78 Å². The van der Waals surface area contributed by atoms with E-state index in [0.29, 0.717) is 22.6 Å². The summed E-state index contributed by atoms with van der Waals surface area (Å²) in [5.41, 5.74) is -0.489. The zero-order chi connectivity index (χ0) is 19.6. The molecule has 1 fully saturated rings. The molecule has 6 nitrogen and oxygen atoms in total. The van der Waals surface area contributed by atoms with Crippen molar-refractivity contribution in [2.24, 2.45) is 0 Å². The lowest BCUT2D eigenvalue weighted by molar-refractivity contribution is -0.131. The predicted molar refractivity (Wildman–Crippen MR) is 103 cm³/mol. The van der Waals surface area contributed by atoms with E-state index in [-0.39, 0.29) is 12.3 Å². The number of rotatable bonds is 7. The molecule has 1 aliphatic heterocycles. The summed E-state index contributed by atoms with van der Waals surface area (Å²) in [5, 5.41) is 2.79. The highest BCUT2D eigenvalue weighted by Gasteiger charge is 2.51. The first-order chi connectivity index (χ1) is 12.9. The summed E-state index contributed by atoms with van der Waals surface area (Å²) < 4.78 is 5.15. The van der Waals surface area contributed by atoms with Gasteiger partial charge in [0.25, 0.3) is 5.91 Å². The number of ether oxygens (including phenoxy) is 1. The van der Waals surface area contributed by atoms with Crippen LogP contribution in [-0.4, -0.2) is 36.3 Å². The predicted octanol–water partition coefficient (Wildman–Crippen LogP) is 3.36. The van der Waals surface area contributed by atoms with Crippen LogP contribution in [0.15, 0.2) is 36.4 Å². The molecule has 27 heavy (non-hydrogen) atoms. The highest BCUT2D eigenvalue weighted by atomic mass is 32.1. The molecule has 1 aliphatic rings. The van der Waals surface area contributed by atoms with Gasteiger partial charge < -0.3 is 10.1 Å². The standard InChI is InChI=1S/C20H22N2O4S/c1-4-15-10-11-17(27-15)16(23)12-22-18(24)20(5-2,21-19(22)25)13-6-8-14(26-3)9-7-13/h6-11H,4-5,12H2,1-3H3,(H,21,25)/t20-/m0/s1. The number of hydrogen-bond donors (Lipinski definition) is 1. The Morgan fingerprint density at radius 1 is 1.15 bits per heavy atom. The number of hydrogen-bond acceptors (Lipinski definition) is 5. The number of urea groups is 1. The van der Waals surface area contributed by atoms with Crippen molar-refractivity contribution in [1.82, 2.24) is 10.2 Å². The molecule has 142 valence electrons. The molecule has 1 atom stereocenters. The Morgan fingerprint density at radius 3 is 2.41 bits per heavy atom. The third kappa shape index (κ3) is 3.35. The second-order valence-electron chi connectivity index (χ2n) is 6.35. The molecule has 1 aromatic carbocycles. The van der Waals surface area contributed by atoms with E-state index in [1.54, 1.807) is 37.4 Å². The van der Waals surface area contributed by atoms with E-state index in [1.807, 2.05) is 19.9 Å². The van der Waals surface area contributed by atoms with Crippen molar-refractivity contribution in [3.05, 3.63) is 51.7 Å². The number of nitrogens with one attached hydrogen (secondary N) is 1. The average molecular weight is 386 g/mol. The Balaban J connectivity index is 1.84. The molecule has 0 bridgehead atoms. The first-order valence-electron chi connectivity index (χ1n) is 8.85. The van der Waals surface area contributed by atoms with Gasteiger partial charge in [0, 0.05) is 4.88 Å². The summed E-state index contributed by atoms with van der Waals surface area (Å²) in [6, 6.07) is 10.1. The maximum absolute atomic E-state index is 13.1. The summed E-state index contributed by atoms with van der Waals surface area (Å²) in [6.45, 7) is 3.59. The highest BCUT2D eigenvalue weighted by Crippen LogP contribution is 2.33. The Kier molecular flexibility index (Phi) is 5.32. The number of carbonyl (C=O) groups excluding carboxylic acids is 3. The summed E-state index contributed by atoms with van der Waals surface area (Å²) in [7, 11) is 1.56. The fourth-order valence-electron chi connectivity index (χ4n) is 3.22. The zero-order valence-corrected chi connectivity index (χ0v) is 16.4. The van der Waals surface area contributed by atoms with Gasteiger partial charge in [0.1, 0.15) is 11.3 Å². The van der Waals surface area contributed by atoms with E-state index < -0.39 is 17.5 Å². The van der Waals surface area contributed by atoms with Crippen LogP contribution in [-0.2, 0) is 16.8 Å². The van der Waals surface area contributed by atoms with Gasteiger partial charge >= 0.3 is 6.03 Å². The smallest absolute Gasteiger partial charge is 0.325 e. The van der Waals surface area contributed by atoms with Gasteiger partial charge in [-0.2, -0.15) is 0 Å².